The molecule has 0 aliphatic carbocycles. The van der Waals surface area contributed by atoms with Gasteiger partial charge in [0.2, 0.25) is 0 Å². The van der Waals surface area contributed by atoms with Crippen molar-refractivity contribution in [2.75, 3.05) is 5.32 Å². The molecule has 0 amide bonds. The van der Waals surface area contributed by atoms with Crippen molar-refractivity contribution in [1.29, 1.82) is 0 Å². The molecular formula is C18H20Cl2N2O2. The van der Waals surface area contributed by atoms with Gasteiger partial charge in [0.25, 0.3) is 0 Å². The number of halogens is 2. The molecule has 4 nitrogen and oxygen atoms in total. The Kier molecular flexibility index (Phi) is 5.73. The maximum Gasteiger partial charge on any atom is 0.338 e. The van der Waals surface area contributed by atoms with Gasteiger partial charge in [0.15, 0.2) is 0 Å². The fourth-order valence-electron chi connectivity index (χ4n) is 2.03. The summed E-state index contributed by atoms with van der Waals surface area (Å²) in [4.78, 5) is 16.2. The molecule has 0 saturated carbocycles. The Balaban J connectivity index is 2.15. The highest BCUT2D eigenvalue weighted by Gasteiger charge is 2.18. The standard InChI is InChI=1S/C18H20Cl2N2O2/c1-11-5-6-12(17(23)24-18(2,3)4)7-15(11)21-9-13-10-22-16(20)8-14(13)19/h5-8,10,21H,9H2,1-4H3. The molecule has 1 N–H and O–H groups in total. The second-order valence-electron chi connectivity index (χ2n) is 6.48. The number of hydrogen-bond donors (Lipinski definition) is 1. The van der Waals surface area contributed by atoms with Crippen LogP contribution in [0.2, 0.25) is 10.2 Å². The molecule has 0 bridgehead atoms. The van der Waals surface area contributed by atoms with Gasteiger partial charge in [-0.3, -0.25) is 0 Å². The summed E-state index contributed by atoms with van der Waals surface area (Å²) >= 11 is 12.0. The summed E-state index contributed by atoms with van der Waals surface area (Å²) in [6, 6.07) is 7.01. The normalized spacial score (nSPS) is 11.2. The Bertz CT molecular complexity index is 755. The number of esters is 1. The summed E-state index contributed by atoms with van der Waals surface area (Å²) in [5.74, 6) is -0.350. The number of aromatic nitrogens is 1. The third-order valence-electron chi connectivity index (χ3n) is 3.24. The van der Waals surface area contributed by atoms with E-state index in [1.807, 2.05) is 33.8 Å². The first-order valence-electron chi connectivity index (χ1n) is 7.53. The molecule has 1 aromatic carbocycles. The zero-order valence-corrected chi connectivity index (χ0v) is 15.6. The van der Waals surface area contributed by atoms with E-state index in [0.717, 1.165) is 16.8 Å². The summed E-state index contributed by atoms with van der Waals surface area (Å²) in [7, 11) is 0. The highest BCUT2D eigenvalue weighted by molar-refractivity contribution is 6.34. The van der Waals surface area contributed by atoms with Gasteiger partial charge in [-0.05, 0) is 51.5 Å². The summed E-state index contributed by atoms with van der Waals surface area (Å²) < 4.78 is 5.40. The second-order valence-corrected chi connectivity index (χ2v) is 7.28. The average Bonchev–Trinajstić information content (AvgIpc) is 2.46. The fraction of sp³-hybridized carbons (Fsp3) is 0.333. The van der Waals surface area contributed by atoms with E-state index in [2.05, 4.69) is 10.3 Å². The molecule has 0 spiro atoms. The van der Waals surface area contributed by atoms with Crippen LogP contribution < -0.4 is 5.32 Å². The zero-order chi connectivity index (χ0) is 17.9. The van der Waals surface area contributed by atoms with Crippen LogP contribution in [0.1, 0.15) is 42.3 Å². The summed E-state index contributed by atoms with van der Waals surface area (Å²) in [5.41, 5.74) is 2.64. The van der Waals surface area contributed by atoms with Crippen LogP contribution in [0.5, 0.6) is 0 Å². The lowest BCUT2D eigenvalue weighted by atomic mass is 10.1. The third-order valence-corrected chi connectivity index (χ3v) is 3.80. The smallest absolute Gasteiger partial charge is 0.338 e. The van der Waals surface area contributed by atoms with Crippen LogP contribution in [0.15, 0.2) is 30.5 Å². The number of pyridine rings is 1. The maximum absolute atomic E-state index is 12.2. The first-order chi connectivity index (χ1) is 11.2. The predicted molar refractivity (Wildman–Crippen MR) is 97.9 cm³/mol. The van der Waals surface area contributed by atoms with E-state index < -0.39 is 5.60 Å². The Morgan fingerprint density at radius 2 is 1.96 bits per heavy atom. The number of aryl methyl sites for hydroxylation is 1. The van der Waals surface area contributed by atoms with E-state index in [9.17, 15) is 4.79 Å². The molecule has 0 atom stereocenters. The lowest BCUT2D eigenvalue weighted by Crippen LogP contribution is -2.24. The van der Waals surface area contributed by atoms with E-state index in [-0.39, 0.29) is 5.97 Å². The number of ether oxygens (including phenoxy) is 1. The highest BCUT2D eigenvalue weighted by Crippen LogP contribution is 2.23. The quantitative estimate of drug-likeness (QED) is 0.591. The lowest BCUT2D eigenvalue weighted by molar-refractivity contribution is 0.00696. The van der Waals surface area contributed by atoms with Crippen molar-refractivity contribution in [3.63, 3.8) is 0 Å². The first-order valence-corrected chi connectivity index (χ1v) is 8.29. The molecule has 6 heteroatoms. The second kappa shape index (κ2) is 7.41. The topological polar surface area (TPSA) is 51.2 Å². The van der Waals surface area contributed by atoms with Crippen molar-refractivity contribution in [3.05, 3.63) is 57.3 Å². The van der Waals surface area contributed by atoms with Crippen LogP contribution in [-0.4, -0.2) is 16.6 Å². The van der Waals surface area contributed by atoms with Crippen LogP contribution in [0, 0.1) is 6.92 Å². The Morgan fingerprint density at radius 3 is 2.58 bits per heavy atom. The fourth-order valence-corrected chi connectivity index (χ4v) is 2.47. The van der Waals surface area contributed by atoms with Crippen LogP contribution in [0.3, 0.4) is 0 Å². The summed E-state index contributed by atoms with van der Waals surface area (Å²) in [5, 5.41) is 4.17. The van der Waals surface area contributed by atoms with Crippen LogP contribution in [0.25, 0.3) is 0 Å². The van der Waals surface area contributed by atoms with E-state index in [4.69, 9.17) is 27.9 Å². The number of rotatable bonds is 4. The zero-order valence-electron chi connectivity index (χ0n) is 14.1. The van der Waals surface area contributed by atoms with Crippen molar-refractivity contribution >= 4 is 34.9 Å². The molecule has 2 rings (SSSR count). The third kappa shape index (κ3) is 5.11. The SMILES string of the molecule is Cc1ccc(C(=O)OC(C)(C)C)cc1NCc1cnc(Cl)cc1Cl. The van der Waals surface area contributed by atoms with Gasteiger partial charge in [0, 0.05) is 24.0 Å². The number of carbonyl (C=O) groups excluding carboxylic acids is 1. The monoisotopic (exact) mass is 366 g/mol. The van der Waals surface area contributed by atoms with Crippen LogP contribution in [0.4, 0.5) is 5.69 Å². The minimum absolute atomic E-state index is 0.350. The first kappa shape index (κ1) is 18.6. The molecule has 0 saturated heterocycles. The highest BCUT2D eigenvalue weighted by atomic mass is 35.5. The molecule has 24 heavy (non-hydrogen) atoms. The van der Waals surface area contributed by atoms with E-state index in [1.54, 1.807) is 24.4 Å². The van der Waals surface area contributed by atoms with Gasteiger partial charge in [-0.25, -0.2) is 9.78 Å². The molecule has 128 valence electrons. The lowest BCUT2D eigenvalue weighted by Gasteiger charge is -2.20. The molecule has 0 aliphatic rings. The van der Waals surface area contributed by atoms with Crippen molar-refractivity contribution in [3.8, 4) is 0 Å². The van der Waals surface area contributed by atoms with Crippen molar-refractivity contribution in [2.24, 2.45) is 0 Å². The van der Waals surface area contributed by atoms with E-state index in [0.29, 0.717) is 22.3 Å². The molecule has 1 aromatic heterocycles. The number of benzene rings is 1. The van der Waals surface area contributed by atoms with E-state index >= 15 is 0 Å². The molecule has 1 heterocycles. The maximum atomic E-state index is 12.2. The predicted octanol–water partition coefficient (Wildman–Crippen LogP) is 5.26. The Labute approximate surface area is 152 Å². The molecule has 0 fully saturated rings. The average molecular weight is 367 g/mol. The van der Waals surface area contributed by atoms with E-state index in [1.165, 1.54) is 0 Å². The summed E-state index contributed by atoms with van der Waals surface area (Å²) in [6.45, 7) is 7.96. The Morgan fingerprint density at radius 1 is 1.25 bits per heavy atom. The van der Waals surface area contributed by atoms with Gasteiger partial charge in [0.05, 0.1) is 10.6 Å². The number of nitrogens with zero attached hydrogens (tertiary/aromatic N) is 1. The minimum atomic E-state index is -0.530. The van der Waals surface area contributed by atoms with Crippen LogP contribution in [-0.2, 0) is 11.3 Å². The largest absolute Gasteiger partial charge is 0.456 e. The molecule has 0 radical (unpaired) electrons. The van der Waals surface area contributed by atoms with Crippen molar-refractivity contribution in [1.82, 2.24) is 4.98 Å². The summed E-state index contributed by atoms with van der Waals surface area (Å²) in [6.07, 6.45) is 1.63. The van der Waals surface area contributed by atoms with Crippen LogP contribution >= 0.6 is 23.2 Å². The van der Waals surface area contributed by atoms with Crippen molar-refractivity contribution in [2.45, 2.75) is 39.8 Å². The molecular weight excluding hydrogens is 347 g/mol. The minimum Gasteiger partial charge on any atom is -0.456 e. The van der Waals surface area contributed by atoms with Gasteiger partial charge in [-0.2, -0.15) is 0 Å². The van der Waals surface area contributed by atoms with Gasteiger partial charge < -0.3 is 10.1 Å². The molecule has 0 aliphatic heterocycles. The molecule has 2 aromatic rings. The number of hydrogen-bond acceptors (Lipinski definition) is 4. The number of anilines is 1. The van der Waals surface area contributed by atoms with Gasteiger partial charge in [-0.15, -0.1) is 0 Å². The number of carbonyl (C=O) groups is 1. The van der Waals surface area contributed by atoms with Crippen molar-refractivity contribution < 1.29 is 9.53 Å². The Hall–Kier alpha value is -1.78. The molecule has 0 unspecified atom stereocenters. The van der Waals surface area contributed by atoms with Gasteiger partial charge in [-0.1, -0.05) is 29.3 Å². The van der Waals surface area contributed by atoms with Gasteiger partial charge >= 0.3 is 5.97 Å². The van der Waals surface area contributed by atoms with Gasteiger partial charge in [0.1, 0.15) is 10.8 Å². The number of nitrogens with one attached hydrogen (secondary N) is 1.